The maximum absolute atomic E-state index is 12.2. The van der Waals surface area contributed by atoms with E-state index in [1.54, 1.807) is 36.5 Å². The van der Waals surface area contributed by atoms with E-state index in [9.17, 15) is 4.79 Å². The Balaban J connectivity index is 1.47. The van der Waals surface area contributed by atoms with Gasteiger partial charge in [0, 0.05) is 10.5 Å². The highest BCUT2D eigenvalue weighted by Gasteiger charge is 2.13. The van der Waals surface area contributed by atoms with Gasteiger partial charge in [-0.3, -0.25) is 5.43 Å². The number of ether oxygens (including phenoxy) is 1. The van der Waals surface area contributed by atoms with Gasteiger partial charge < -0.3 is 10.1 Å². The van der Waals surface area contributed by atoms with Crippen molar-refractivity contribution in [3.8, 4) is 5.75 Å². The zero-order valence-electron chi connectivity index (χ0n) is 15.4. The number of rotatable bonds is 5. The number of nitrogens with one attached hydrogen (secondary N) is 2. The molecule has 0 saturated heterocycles. The molecule has 0 heterocycles. The van der Waals surface area contributed by atoms with Gasteiger partial charge in [0.1, 0.15) is 5.75 Å². The van der Waals surface area contributed by atoms with Crippen molar-refractivity contribution < 1.29 is 9.53 Å². The number of carbonyl (C=O) groups is 1. The summed E-state index contributed by atoms with van der Waals surface area (Å²) in [5.74, 6) is 0.0769. The summed E-state index contributed by atoms with van der Waals surface area (Å²) >= 11 is 8.62. The highest BCUT2D eigenvalue weighted by Crippen LogP contribution is 2.17. The lowest BCUT2D eigenvalue weighted by atomic mass is 9.96. The summed E-state index contributed by atoms with van der Waals surface area (Å²) in [7, 11) is 0. The minimum Gasteiger partial charge on any atom is -0.423 e. The van der Waals surface area contributed by atoms with Crippen molar-refractivity contribution >= 4 is 45.4 Å². The third kappa shape index (κ3) is 6.42. The van der Waals surface area contributed by atoms with Gasteiger partial charge >= 0.3 is 5.97 Å². The summed E-state index contributed by atoms with van der Waals surface area (Å²) < 4.78 is 6.22. The van der Waals surface area contributed by atoms with E-state index >= 15 is 0 Å². The van der Waals surface area contributed by atoms with E-state index in [0.29, 0.717) is 22.5 Å². The molecule has 1 fully saturated rings. The van der Waals surface area contributed by atoms with Crippen LogP contribution in [-0.2, 0) is 0 Å². The van der Waals surface area contributed by atoms with Gasteiger partial charge in [-0.1, -0.05) is 41.3 Å². The highest BCUT2D eigenvalue weighted by molar-refractivity contribution is 9.10. The molecule has 5 nitrogen and oxygen atoms in total. The zero-order valence-corrected chi connectivity index (χ0v) is 17.8. The van der Waals surface area contributed by atoms with Crippen LogP contribution in [0.25, 0.3) is 0 Å². The van der Waals surface area contributed by atoms with Crippen LogP contribution in [0, 0.1) is 0 Å². The second kappa shape index (κ2) is 10.3. The molecule has 0 unspecified atom stereocenters. The fourth-order valence-electron chi connectivity index (χ4n) is 3.03. The Bertz CT molecular complexity index is 849. The largest absolute Gasteiger partial charge is 0.423 e. The van der Waals surface area contributed by atoms with E-state index in [1.807, 2.05) is 18.2 Å². The van der Waals surface area contributed by atoms with Crippen molar-refractivity contribution in [2.75, 3.05) is 0 Å². The van der Waals surface area contributed by atoms with Gasteiger partial charge in [0.2, 0.25) is 0 Å². The van der Waals surface area contributed by atoms with Crippen LogP contribution in [0.5, 0.6) is 5.75 Å². The molecule has 3 rings (SSSR count). The van der Waals surface area contributed by atoms with Crippen molar-refractivity contribution in [2.24, 2.45) is 5.10 Å². The van der Waals surface area contributed by atoms with Crippen molar-refractivity contribution in [2.45, 2.75) is 38.1 Å². The molecular weight excluding hydrogens is 438 g/mol. The molecule has 0 radical (unpaired) electrons. The Morgan fingerprint density at radius 2 is 1.89 bits per heavy atom. The summed E-state index contributed by atoms with van der Waals surface area (Å²) in [4.78, 5) is 12.2. The second-order valence-corrected chi connectivity index (χ2v) is 7.97. The molecule has 0 bridgehead atoms. The third-order valence-corrected chi connectivity index (χ3v) is 5.17. The normalized spacial score (nSPS) is 14.6. The summed E-state index contributed by atoms with van der Waals surface area (Å²) in [6.45, 7) is 0. The van der Waals surface area contributed by atoms with Crippen LogP contribution in [0.15, 0.2) is 58.1 Å². The van der Waals surface area contributed by atoms with Crippen LogP contribution in [0.2, 0.25) is 0 Å². The van der Waals surface area contributed by atoms with Crippen LogP contribution in [-0.4, -0.2) is 23.3 Å². The van der Waals surface area contributed by atoms with E-state index < -0.39 is 5.97 Å². The maximum Gasteiger partial charge on any atom is 0.343 e. The molecule has 7 heteroatoms. The van der Waals surface area contributed by atoms with Crippen LogP contribution in [0.4, 0.5) is 0 Å². The molecule has 0 spiro atoms. The molecule has 0 atom stereocenters. The average molecular weight is 460 g/mol. The van der Waals surface area contributed by atoms with Gasteiger partial charge in [-0.05, 0) is 73.1 Å². The van der Waals surface area contributed by atoms with Gasteiger partial charge in [0.15, 0.2) is 5.11 Å². The Morgan fingerprint density at radius 3 is 2.61 bits per heavy atom. The average Bonchev–Trinajstić information content (AvgIpc) is 2.70. The fourth-order valence-corrected chi connectivity index (χ4v) is 3.65. The molecule has 0 amide bonds. The van der Waals surface area contributed by atoms with Crippen LogP contribution >= 0.6 is 28.1 Å². The van der Waals surface area contributed by atoms with Crippen LogP contribution in [0.1, 0.15) is 48.0 Å². The Kier molecular flexibility index (Phi) is 7.56. The molecule has 1 aliphatic rings. The third-order valence-electron chi connectivity index (χ3n) is 4.47. The summed E-state index contributed by atoms with van der Waals surface area (Å²) in [5, 5.41) is 8.01. The SMILES string of the molecule is O=C(Oc1ccc(C=NNC(=S)NC2CCCCC2)cc1)c1cccc(Br)c1. The maximum atomic E-state index is 12.2. The molecule has 2 aromatic rings. The van der Waals surface area contributed by atoms with Gasteiger partial charge in [0.25, 0.3) is 0 Å². The van der Waals surface area contributed by atoms with E-state index in [0.717, 1.165) is 22.9 Å². The number of thiocarbonyl (C=S) groups is 1. The van der Waals surface area contributed by atoms with E-state index in [1.165, 1.54) is 19.3 Å². The quantitative estimate of drug-likeness (QED) is 0.221. The molecular formula is C21H22BrN3O2S. The smallest absolute Gasteiger partial charge is 0.343 e. The first-order valence-electron chi connectivity index (χ1n) is 9.27. The van der Waals surface area contributed by atoms with Crippen molar-refractivity contribution in [3.63, 3.8) is 0 Å². The number of hydrazone groups is 1. The van der Waals surface area contributed by atoms with Crippen molar-refractivity contribution in [1.29, 1.82) is 0 Å². The Labute approximate surface area is 178 Å². The highest BCUT2D eigenvalue weighted by atomic mass is 79.9. The van der Waals surface area contributed by atoms with Gasteiger partial charge in [-0.2, -0.15) is 5.10 Å². The number of halogens is 1. The van der Waals surface area contributed by atoms with E-state index in [2.05, 4.69) is 31.8 Å². The number of carbonyl (C=O) groups excluding carboxylic acids is 1. The Hall–Kier alpha value is -2.25. The second-order valence-electron chi connectivity index (χ2n) is 6.65. The number of benzene rings is 2. The van der Waals surface area contributed by atoms with E-state index in [4.69, 9.17) is 17.0 Å². The minimum atomic E-state index is -0.400. The molecule has 1 aliphatic carbocycles. The lowest BCUT2D eigenvalue weighted by molar-refractivity contribution is 0.0734. The lowest BCUT2D eigenvalue weighted by Crippen LogP contribution is -2.40. The predicted molar refractivity (Wildman–Crippen MR) is 119 cm³/mol. The zero-order chi connectivity index (χ0) is 19.8. The van der Waals surface area contributed by atoms with E-state index in [-0.39, 0.29) is 0 Å². The molecule has 2 N–H and O–H groups in total. The number of hydrogen-bond donors (Lipinski definition) is 2. The topological polar surface area (TPSA) is 62.7 Å². The fraction of sp³-hybridized carbons (Fsp3) is 0.286. The molecule has 0 aliphatic heterocycles. The number of nitrogens with zero attached hydrogens (tertiary/aromatic N) is 1. The van der Waals surface area contributed by atoms with Crippen molar-refractivity contribution in [1.82, 2.24) is 10.7 Å². The van der Waals surface area contributed by atoms with Crippen LogP contribution < -0.4 is 15.5 Å². The van der Waals surface area contributed by atoms with Gasteiger partial charge in [0.05, 0.1) is 11.8 Å². The molecule has 2 aromatic carbocycles. The summed E-state index contributed by atoms with van der Waals surface area (Å²) in [6, 6.07) is 14.6. The predicted octanol–water partition coefficient (Wildman–Crippen LogP) is 4.80. The minimum absolute atomic E-state index is 0.400. The molecule has 1 saturated carbocycles. The molecule has 28 heavy (non-hydrogen) atoms. The first-order chi connectivity index (χ1) is 13.6. The number of esters is 1. The Morgan fingerprint density at radius 1 is 1.14 bits per heavy atom. The first-order valence-corrected chi connectivity index (χ1v) is 10.5. The number of hydrogen-bond acceptors (Lipinski definition) is 4. The van der Waals surface area contributed by atoms with Crippen LogP contribution in [0.3, 0.4) is 0 Å². The van der Waals surface area contributed by atoms with Crippen molar-refractivity contribution in [3.05, 3.63) is 64.1 Å². The molecule has 146 valence electrons. The standard InChI is InChI=1S/C21H22BrN3O2S/c22-17-6-4-5-16(13-17)20(26)27-19-11-9-15(10-12-19)14-23-25-21(28)24-18-7-2-1-3-8-18/h4-6,9-14,18H,1-3,7-8H2,(H2,24,25,28). The monoisotopic (exact) mass is 459 g/mol. The molecule has 0 aromatic heterocycles. The summed E-state index contributed by atoms with van der Waals surface area (Å²) in [5.41, 5.74) is 4.21. The first kappa shape index (κ1) is 20.5. The lowest BCUT2D eigenvalue weighted by Gasteiger charge is -2.23. The van der Waals surface area contributed by atoms with Gasteiger partial charge in [-0.25, -0.2) is 4.79 Å². The summed E-state index contributed by atoms with van der Waals surface area (Å²) in [6.07, 6.45) is 7.81. The van der Waals surface area contributed by atoms with Gasteiger partial charge in [-0.15, -0.1) is 0 Å².